The fourth-order valence-corrected chi connectivity index (χ4v) is 3.46. The van der Waals surface area contributed by atoms with Crippen molar-refractivity contribution < 1.29 is 27.2 Å². The molecule has 1 aliphatic carbocycles. The second-order valence-electron chi connectivity index (χ2n) is 6.13. The molecule has 1 saturated carbocycles. The molecule has 0 radical (unpaired) electrons. The molecule has 0 atom stereocenters. The summed E-state index contributed by atoms with van der Waals surface area (Å²) in [4.78, 5) is 13.7. The number of nitrogens with zero attached hydrogens (tertiary/aromatic N) is 1. The predicted octanol–water partition coefficient (Wildman–Crippen LogP) is 4.97. The predicted molar refractivity (Wildman–Crippen MR) is 92.5 cm³/mol. The van der Waals surface area contributed by atoms with Crippen LogP contribution in [0.25, 0.3) is 10.6 Å². The Kier molecular flexibility index (Phi) is 4.18. The van der Waals surface area contributed by atoms with Gasteiger partial charge in [-0.05, 0) is 36.4 Å². The van der Waals surface area contributed by atoms with Gasteiger partial charge in [-0.1, -0.05) is 23.4 Å². The minimum absolute atomic E-state index is 0.0481. The quantitative estimate of drug-likeness (QED) is 0.664. The summed E-state index contributed by atoms with van der Waals surface area (Å²) in [5.74, 6) is -0.347. The Labute approximate surface area is 155 Å². The lowest BCUT2D eigenvalue weighted by molar-refractivity contribution is -0.274. The molecule has 27 heavy (non-hydrogen) atoms. The number of benzene rings is 1. The summed E-state index contributed by atoms with van der Waals surface area (Å²) in [5, 5.41) is 8.44. The van der Waals surface area contributed by atoms with Crippen molar-refractivity contribution in [3.05, 3.63) is 53.5 Å². The zero-order chi connectivity index (χ0) is 19.1. The average Bonchev–Trinajstić information content (AvgIpc) is 3.04. The molecule has 0 unspecified atom stereocenters. The number of aromatic nitrogens is 1. The van der Waals surface area contributed by atoms with Gasteiger partial charge < -0.3 is 14.6 Å². The van der Waals surface area contributed by atoms with Gasteiger partial charge in [0.2, 0.25) is 5.91 Å². The van der Waals surface area contributed by atoms with Crippen LogP contribution in [0.5, 0.6) is 5.75 Å². The molecular formula is C18H13F3N2O3S. The summed E-state index contributed by atoms with van der Waals surface area (Å²) in [6, 6.07) is 10.9. The van der Waals surface area contributed by atoms with Gasteiger partial charge in [0.15, 0.2) is 11.5 Å². The number of carbonyl (C=O) groups is 1. The largest absolute Gasteiger partial charge is 0.573 e. The van der Waals surface area contributed by atoms with Crippen molar-refractivity contribution in [3.63, 3.8) is 0 Å². The van der Waals surface area contributed by atoms with Gasteiger partial charge in [0.1, 0.15) is 0 Å². The van der Waals surface area contributed by atoms with E-state index in [1.807, 2.05) is 17.5 Å². The fraction of sp³-hybridized carbons (Fsp3) is 0.222. The number of halogens is 3. The molecule has 140 valence electrons. The number of carbonyl (C=O) groups excluding carboxylic acids is 1. The number of para-hydroxylation sites is 2. The standard InChI is InChI=1S/C18H13F3N2O3S/c19-18(20,21)25-12-5-2-1-4-11(12)22-16(24)17(7-8-17)15-10-13(26-23-15)14-6-3-9-27-14/h1-6,9-10H,7-8H2,(H,22,24). The molecule has 9 heteroatoms. The minimum Gasteiger partial charge on any atom is -0.404 e. The van der Waals surface area contributed by atoms with Crippen molar-refractivity contribution in [3.8, 4) is 16.4 Å². The smallest absolute Gasteiger partial charge is 0.404 e. The summed E-state index contributed by atoms with van der Waals surface area (Å²) in [6.07, 6.45) is -3.77. The van der Waals surface area contributed by atoms with Crippen LogP contribution in [0.3, 0.4) is 0 Å². The molecule has 1 amide bonds. The maximum Gasteiger partial charge on any atom is 0.573 e. The van der Waals surface area contributed by atoms with E-state index in [1.54, 1.807) is 6.07 Å². The van der Waals surface area contributed by atoms with E-state index in [9.17, 15) is 18.0 Å². The number of hydrogen-bond donors (Lipinski definition) is 1. The Hall–Kier alpha value is -2.81. The molecule has 5 nitrogen and oxygen atoms in total. The number of nitrogens with one attached hydrogen (secondary N) is 1. The van der Waals surface area contributed by atoms with Gasteiger partial charge in [-0.3, -0.25) is 4.79 Å². The van der Waals surface area contributed by atoms with Crippen LogP contribution >= 0.6 is 11.3 Å². The van der Waals surface area contributed by atoms with Crippen LogP contribution < -0.4 is 10.1 Å². The second kappa shape index (κ2) is 6.41. The molecule has 2 heterocycles. The summed E-state index contributed by atoms with van der Waals surface area (Å²) in [7, 11) is 0. The monoisotopic (exact) mass is 394 g/mol. The molecule has 1 N–H and O–H groups in total. The highest BCUT2D eigenvalue weighted by atomic mass is 32.1. The average molecular weight is 394 g/mol. The molecule has 0 spiro atoms. The highest BCUT2D eigenvalue weighted by Gasteiger charge is 2.54. The number of alkyl halides is 3. The zero-order valence-electron chi connectivity index (χ0n) is 13.7. The Balaban J connectivity index is 1.56. The number of hydrogen-bond acceptors (Lipinski definition) is 5. The van der Waals surface area contributed by atoms with Crippen LogP contribution in [0.1, 0.15) is 18.5 Å². The molecular weight excluding hydrogens is 381 g/mol. The van der Waals surface area contributed by atoms with Crippen LogP contribution in [0.2, 0.25) is 0 Å². The van der Waals surface area contributed by atoms with Crippen LogP contribution in [0, 0.1) is 0 Å². The lowest BCUT2D eigenvalue weighted by Crippen LogP contribution is -2.28. The van der Waals surface area contributed by atoms with Crippen LogP contribution in [-0.2, 0) is 10.2 Å². The minimum atomic E-state index is -4.85. The van der Waals surface area contributed by atoms with Crippen LogP contribution in [0.4, 0.5) is 18.9 Å². The first-order valence-corrected chi connectivity index (χ1v) is 8.93. The van der Waals surface area contributed by atoms with E-state index in [2.05, 4.69) is 15.2 Å². The van der Waals surface area contributed by atoms with E-state index in [4.69, 9.17) is 4.52 Å². The highest BCUT2D eigenvalue weighted by molar-refractivity contribution is 7.13. The molecule has 1 aromatic carbocycles. The number of amides is 1. The molecule has 1 fully saturated rings. The van der Waals surface area contributed by atoms with Gasteiger partial charge in [-0.2, -0.15) is 0 Å². The Morgan fingerprint density at radius 1 is 1.22 bits per heavy atom. The molecule has 4 rings (SSSR count). The summed E-state index contributed by atoms with van der Waals surface area (Å²) in [5.41, 5.74) is -0.477. The SMILES string of the molecule is O=C(Nc1ccccc1OC(F)(F)F)C1(c2cc(-c3cccs3)on2)CC1. The van der Waals surface area contributed by atoms with Gasteiger partial charge in [-0.25, -0.2) is 0 Å². The number of ether oxygens (including phenoxy) is 1. The third kappa shape index (κ3) is 3.55. The summed E-state index contributed by atoms with van der Waals surface area (Å²) < 4.78 is 47.0. The number of rotatable bonds is 5. The third-order valence-electron chi connectivity index (χ3n) is 4.31. The van der Waals surface area contributed by atoms with Gasteiger partial charge >= 0.3 is 6.36 Å². The highest BCUT2D eigenvalue weighted by Crippen LogP contribution is 2.49. The first kappa shape index (κ1) is 17.6. The van der Waals surface area contributed by atoms with Crippen molar-refractivity contribution in [1.82, 2.24) is 5.16 Å². The van der Waals surface area contributed by atoms with Crippen molar-refractivity contribution in [1.29, 1.82) is 0 Å². The molecule has 0 aliphatic heterocycles. The van der Waals surface area contributed by atoms with Gasteiger partial charge in [0, 0.05) is 6.07 Å². The summed E-state index contributed by atoms with van der Waals surface area (Å²) >= 11 is 1.48. The maximum absolute atomic E-state index is 12.8. The molecule has 3 aromatic rings. The maximum atomic E-state index is 12.8. The Morgan fingerprint density at radius 2 is 2.00 bits per heavy atom. The molecule has 0 bridgehead atoms. The zero-order valence-corrected chi connectivity index (χ0v) is 14.6. The normalized spacial score (nSPS) is 15.4. The summed E-state index contributed by atoms with van der Waals surface area (Å²) in [6.45, 7) is 0. The van der Waals surface area contributed by atoms with Crippen LogP contribution in [-0.4, -0.2) is 17.4 Å². The Bertz CT molecular complexity index is 962. The third-order valence-corrected chi connectivity index (χ3v) is 5.19. The van der Waals surface area contributed by atoms with E-state index in [-0.39, 0.29) is 5.69 Å². The second-order valence-corrected chi connectivity index (χ2v) is 7.08. The van der Waals surface area contributed by atoms with Crippen LogP contribution in [0.15, 0.2) is 52.4 Å². The van der Waals surface area contributed by atoms with Crippen molar-refractivity contribution in [2.75, 3.05) is 5.32 Å². The van der Waals surface area contributed by atoms with E-state index < -0.39 is 23.4 Å². The first-order valence-electron chi connectivity index (χ1n) is 8.05. The molecule has 0 saturated heterocycles. The van der Waals surface area contributed by atoms with E-state index in [0.717, 1.165) is 10.9 Å². The van der Waals surface area contributed by atoms with Gasteiger partial charge in [0.25, 0.3) is 0 Å². The fourth-order valence-electron chi connectivity index (χ4n) is 2.79. The van der Waals surface area contributed by atoms with E-state index in [0.29, 0.717) is 24.3 Å². The first-order chi connectivity index (χ1) is 12.9. The lowest BCUT2D eigenvalue weighted by atomic mass is 10.0. The lowest BCUT2D eigenvalue weighted by Gasteiger charge is -2.16. The van der Waals surface area contributed by atoms with Crippen molar-refractivity contribution in [2.24, 2.45) is 0 Å². The van der Waals surface area contributed by atoms with E-state index in [1.165, 1.54) is 29.5 Å². The molecule has 1 aliphatic rings. The van der Waals surface area contributed by atoms with Gasteiger partial charge in [-0.15, -0.1) is 24.5 Å². The van der Waals surface area contributed by atoms with Crippen molar-refractivity contribution in [2.45, 2.75) is 24.6 Å². The molecule has 2 aromatic heterocycles. The van der Waals surface area contributed by atoms with Crippen molar-refractivity contribution >= 4 is 22.9 Å². The Morgan fingerprint density at radius 3 is 2.67 bits per heavy atom. The van der Waals surface area contributed by atoms with Gasteiger partial charge in [0.05, 0.1) is 21.7 Å². The van der Waals surface area contributed by atoms with E-state index >= 15 is 0 Å². The topological polar surface area (TPSA) is 64.4 Å². The number of thiophene rings is 1. The number of anilines is 1.